The Bertz CT molecular complexity index is 1230. The zero-order valence-electron chi connectivity index (χ0n) is 17.3. The summed E-state index contributed by atoms with van der Waals surface area (Å²) in [6, 6.07) is 9.58. The highest BCUT2D eigenvalue weighted by Gasteiger charge is 2.18. The first kappa shape index (κ1) is 18.9. The number of para-hydroxylation sites is 1. The Morgan fingerprint density at radius 3 is 2.48 bits per heavy atom. The van der Waals surface area contributed by atoms with Gasteiger partial charge in [0, 0.05) is 49.0 Å². The number of carbonyl (C=O) groups is 1. The standard InChI is InChI=1S/C22H24N6O/c1-13-16(12-27(4)25-13)11-23-22(29)18-10-20(21-14(2)26-28(5)15(21)3)24-19-9-7-6-8-17(18)19/h6-10,12H,11H2,1-5H3,(H,23,29). The largest absolute Gasteiger partial charge is 0.348 e. The quantitative estimate of drug-likeness (QED) is 0.582. The summed E-state index contributed by atoms with van der Waals surface area (Å²) in [6.45, 7) is 6.34. The lowest BCUT2D eigenvalue weighted by molar-refractivity contribution is 0.0952. The maximum atomic E-state index is 13.1. The van der Waals surface area contributed by atoms with Gasteiger partial charge in [-0.15, -0.1) is 0 Å². The molecular formula is C22H24N6O. The van der Waals surface area contributed by atoms with Crippen LogP contribution in [0.1, 0.15) is 33.0 Å². The van der Waals surface area contributed by atoms with Crippen molar-refractivity contribution in [2.75, 3.05) is 0 Å². The highest BCUT2D eigenvalue weighted by molar-refractivity contribution is 6.07. The monoisotopic (exact) mass is 388 g/mol. The van der Waals surface area contributed by atoms with E-state index < -0.39 is 0 Å². The average Bonchev–Trinajstić information content (AvgIpc) is 3.15. The van der Waals surface area contributed by atoms with Gasteiger partial charge in [-0.3, -0.25) is 14.2 Å². The van der Waals surface area contributed by atoms with Crippen LogP contribution >= 0.6 is 0 Å². The third-order valence-corrected chi connectivity index (χ3v) is 5.28. The fourth-order valence-corrected chi connectivity index (χ4v) is 3.73. The number of fused-ring (bicyclic) bond motifs is 1. The van der Waals surface area contributed by atoms with Crippen molar-refractivity contribution in [3.05, 3.63) is 64.7 Å². The summed E-state index contributed by atoms with van der Waals surface area (Å²) in [7, 11) is 3.79. The molecule has 1 N–H and O–H groups in total. The van der Waals surface area contributed by atoms with E-state index in [9.17, 15) is 4.79 Å². The summed E-state index contributed by atoms with van der Waals surface area (Å²) in [6.07, 6.45) is 1.92. The smallest absolute Gasteiger partial charge is 0.252 e. The molecule has 7 heteroatoms. The molecule has 0 unspecified atom stereocenters. The fourth-order valence-electron chi connectivity index (χ4n) is 3.73. The van der Waals surface area contributed by atoms with E-state index in [4.69, 9.17) is 4.98 Å². The van der Waals surface area contributed by atoms with Gasteiger partial charge in [0.15, 0.2) is 0 Å². The molecule has 7 nitrogen and oxygen atoms in total. The summed E-state index contributed by atoms with van der Waals surface area (Å²) >= 11 is 0. The van der Waals surface area contributed by atoms with Crippen LogP contribution < -0.4 is 5.32 Å². The summed E-state index contributed by atoms with van der Waals surface area (Å²) in [5.41, 5.74) is 6.94. The number of amides is 1. The molecule has 1 aromatic carbocycles. The number of nitrogens with one attached hydrogen (secondary N) is 1. The Hall–Kier alpha value is -3.48. The van der Waals surface area contributed by atoms with Crippen LogP contribution in [-0.4, -0.2) is 30.5 Å². The van der Waals surface area contributed by atoms with E-state index in [1.807, 2.05) is 76.1 Å². The molecule has 0 atom stereocenters. The zero-order chi connectivity index (χ0) is 20.7. The molecule has 4 aromatic rings. The summed E-state index contributed by atoms with van der Waals surface area (Å²) < 4.78 is 3.59. The van der Waals surface area contributed by atoms with Crippen molar-refractivity contribution < 1.29 is 4.79 Å². The lowest BCUT2D eigenvalue weighted by Gasteiger charge is -2.11. The van der Waals surface area contributed by atoms with Crippen LogP contribution in [0.25, 0.3) is 22.2 Å². The van der Waals surface area contributed by atoms with Gasteiger partial charge in [0.1, 0.15) is 0 Å². The van der Waals surface area contributed by atoms with Crippen molar-refractivity contribution in [3.63, 3.8) is 0 Å². The molecule has 148 valence electrons. The summed E-state index contributed by atoms with van der Waals surface area (Å²) in [5.74, 6) is -0.132. The average molecular weight is 388 g/mol. The van der Waals surface area contributed by atoms with Crippen LogP contribution in [0.15, 0.2) is 36.5 Å². The van der Waals surface area contributed by atoms with E-state index >= 15 is 0 Å². The summed E-state index contributed by atoms with van der Waals surface area (Å²) in [5, 5.41) is 12.7. The second-order valence-electron chi connectivity index (χ2n) is 7.34. The zero-order valence-corrected chi connectivity index (χ0v) is 17.3. The number of aromatic nitrogens is 5. The minimum Gasteiger partial charge on any atom is -0.348 e. The lowest BCUT2D eigenvalue weighted by atomic mass is 10.0. The van der Waals surface area contributed by atoms with E-state index in [0.29, 0.717) is 12.1 Å². The number of pyridine rings is 1. The van der Waals surface area contributed by atoms with E-state index in [2.05, 4.69) is 15.5 Å². The first-order valence-electron chi connectivity index (χ1n) is 9.53. The van der Waals surface area contributed by atoms with Crippen molar-refractivity contribution in [2.24, 2.45) is 14.1 Å². The van der Waals surface area contributed by atoms with Gasteiger partial charge in [-0.25, -0.2) is 4.98 Å². The second kappa shape index (κ2) is 7.16. The third-order valence-electron chi connectivity index (χ3n) is 5.28. The van der Waals surface area contributed by atoms with Gasteiger partial charge in [-0.05, 0) is 32.9 Å². The van der Waals surface area contributed by atoms with Crippen molar-refractivity contribution >= 4 is 16.8 Å². The molecule has 0 radical (unpaired) electrons. The number of hydrogen-bond donors (Lipinski definition) is 1. The second-order valence-corrected chi connectivity index (χ2v) is 7.34. The predicted molar refractivity (Wildman–Crippen MR) is 113 cm³/mol. The Labute approximate surface area is 169 Å². The van der Waals surface area contributed by atoms with Gasteiger partial charge in [0.25, 0.3) is 5.91 Å². The van der Waals surface area contributed by atoms with E-state index in [-0.39, 0.29) is 5.91 Å². The van der Waals surface area contributed by atoms with Crippen LogP contribution in [0.2, 0.25) is 0 Å². The normalized spacial score (nSPS) is 11.2. The first-order chi connectivity index (χ1) is 13.8. The van der Waals surface area contributed by atoms with Crippen molar-refractivity contribution in [1.82, 2.24) is 29.9 Å². The Morgan fingerprint density at radius 2 is 1.83 bits per heavy atom. The molecule has 0 bridgehead atoms. The molecule has 0 saturated carbocycles. The van der Waals surface area contributed by atoms with Crippen LogP contribution in [0.5, 0.6) is 0 Å². The number of hydrogen-bond acceptors (Lipinski definition) is 4. The number of nitrogens with zero attached hydrogens (tertiary/aromatic N) is 5. The minimum atomic E-state index is -0.132. The van der Waals surface area contributed by atoms with Gasteiger partial charge in [0.05, 0.1) is 28.2 Å². The van der Waals surface area contributed by atoms with Gasteiger partial charge < -0.3 is 5.32 Å². The topological polar surface area (TPSA) is 77.6 Å². The fraction of sp³-hybridized carbons (Fsp3) is 0.273. The number of carbonyl (C=O) groups excluding carboxylic acids is 1. The molecule has 0 aliphatic rings. The van der Waals surface area contributed by atoms with Crippen molar-refractivity contribution in [1.29, 1.82) is 0 Å². The van der Waals surface area contributed by atoms with Gasteiger partial charge in [-0.2, -0.15) is 10.2 Å². The number of aryl methyl sites for hydroxylation is 4. The maximum absolute atomic E-state index is 13.1. The van der Waals surface area contributed by atoms with Gasteiger partial charge in [-0.1, -0.05) is 18.2 Å². The van der Waals surface area contributed by atoms with Gasteiger partial charge >= 0.3 is 0 Å². The van der Waals surface area contributed by atoms with Crippen LogP contribution in [0, 0.1) is 20.8 Å². The van der Waals surface area contributed by atoms with E-state index in [0.717, 1.165) is 44.8 Å². The van der Waals surface area contributed by atoms with Gasteiger partial charge in [0.2, 0.25) is 0 Å². The first-order valence-corrected chi connectivity index (χ1v) is 9.53. The molecule has 3 aromatic heterocycles. The lowest BCUT2D eigenvalue weighted by Crippen LogP contribution is -2.23. The number of rotatable bonds is 4. The molecular weight excluding hydrogens is 364 g/mol. The molecule has 3 heterocycles. The molecule has 4 rings (SSSR count). The van der Waals surface area contributed by atoms with E-state index in [1.54, 1.807) is 4.68 Å². The minimum absolute atomic E-state index is 0.132. The van der Waals surface area contributed by atoms with Crippen LogP contribution in [-0.2, 0) is 20.6 Å². The molecule has 1 amide bonds. The van der Waals surface area contributed by atoms with Crippen molar-refractivity contribution in [3.8, 4) is 11.3 Å². The number of benzene rings is 1. The molecule has 0 saturated heterocycles. The molecule has 29 heavy (non-hydrogen) atoms. The predicted octanol–water partition coefficient (Wildman–Crippen LogP) is 3.22. The highest BCUT2D eigenvalue weighted by atomic mass is 16.1. The highest BCUT2D eigenvalue weighted by Crippen LogP contribution is 2.29. The van der Waals surface area contributed by atoms with E-state index in [1.165, 1.54) is 0 Å². The maximum Gasteiger partial charge on any atom is 0.252 e. The summed E-state index contributed by atoms with van der Waals surface area (Å²) in [4.78, 5) is 17.9. The Morgan fingerprint density at radius 1 is 1.07 bits per heavy atom. The van der Waals surface area contributed by atoms with Crippen LogP contribution in [0.4, 0.5) is 0 Å². The Balaban J connectivity index is 1.76. The van der Waals surface area contributed by atoms with Crippen molar-refractivity contribution in [2.45, 2.75) is 27.3 Å². The SMILES string of the molecule is Cc1nn(C)cc1CNC(=O)c1cc(-c2c(C)nn(C)c2C)nc2ccccc12. The molecule has 0 spiro atoms. The molecule has 0 fully saturated rings. The Kier molecular flexibility index (Phi) is 4.66. The molecule has 0 aliphatic heterocycles. The van der Waals surface area contributed by atoms with Crippen LogP contribution in [0.3, 0.4) is 0 Å². The third kappa shape index (κ3) is 3.40. The molecule has 0 aliphatic carbocycles.